The van der Waals surface area contributed by atoms with Crippen molar-refractivity contribution in [3.8, 4) is 5.75 Å². The molecular weight excluding hydrogens is 1240 g/mol. The van der Waals surface area contributed by atoms with Crippen molar-refractivity contribution in [3.05, 3.63) is 24.3 Å². The molecular formula is C30H17F39OSn. The third kappa shape index (κ3) is 9.94. The van der Waals surface area contributed by atoms with E-state index in [1.54, 1.807) is 0 Å². The van der Waals surface area contributed by atoms with E-state index in [0.717, 1.165) is 0 Å². The van der Waals surface area contributed by atoms with E-state index in [4.69, 9.17) is 0 Å². The van der Waals surface area contributed by atoms with Crippen LogP contribution in [-0.2, 0) is 0 Å². The summed E-state index contributed by atoms with van der Waals surface area (Å²) < 4.78 is 527. The average molecular weight is 1250 g/mol. The summed E-state index contributed by atoms with van der Waals surface area (Å²) in [6, 6.07) is -0.751. The molecule has 0 aliphatic rings. The zero-order valence-corrected chi connectivity index (χ0v) is 35.1. The second kappa shape index (κ2) is 18.1. The van der Waals surface area contributed by atoms with Crippen LogP contribution in [0.15, 0.2) is 24.3 Å². The van der Waals surface area contributed by atoms with E-state index in [2.05, 4.69) is 0 Å². The standard InChI is InChI=1S/3C8H4F13.C6H5O.Sn/c3*1-2-3(9,10)4(11,12)5(13,14)6(15,16)7(17,18)8(19,20)21;7-6-4-2-1-3-5-6;/h3*1-2H2;1-2,4-5,7H;. The van der Waals surface area contributed by atoms with E-state index in [1.165, 1.54) is 0 Å². The van der Waals surface area contributed by atoms with Gasteiger partial charge in [-0.15, -0.1) is 0 Å². The molecule has 0 saturated heterocycles. The first-order valence-electron chi connectivity index (χ1n) is 17.0. The van der Waals surface area contributed by atoms with E-state index in [9.17, 15) is 150 Å². The van der Waals surface area contributed by atoms with E-state index in [1.807, 2.05) is 0 Å². The number of phenolic OH excluding ortho intramolecular Hbond substituents is 1. The Balaban J connectivity index is 4.45. The van der Waals surface area contributed by atoms with Gasteiger partial charge in [0, 0.05) is 0 Å². The molecule has 1 rings (SSSR count). The molecule has 0 fully saturated rings. The molecule has 0 heterocycles. The summed E-state index contributed by atoms with van der Waals surface area (Å²) in [6.07, 6.45) is -36.7. The van der Waals surface area contributed by atoms with Crippen LogP contribution in [0.2, 0.25) is 13.3 Å². The molecule has 0 aliphatic heterocycles. The third-order valence-electron chi connectivity index (χ3n) is 10.2. The second-order valence-electron chi connectivity index (χ2n) is 14.8. The van der Waals surface area contributed by atoms with Gasteiger partial charge < -0.3 is 0 Å². The number of hydrogen-bond donors (Lipinski definition) is 1. The van der Waals surface area contributed by atoms with Crippen LogP contribution in [0.25, 0.3) is 0 Å². The summed E-state index contributed by atoms with van der Waals surface area (Å²) in [7, 11) is 0. The molecule has 0 amide bonds. The van der Waals surface area contributed by atoms with Gasteiger partial charge >= 0.3 is 368 Å². The molecule has 1 nitrogen and oxygen atoms in total. The number of phenols is 1. The van der Waals surface area contributed by atoms with Crippen LogP contribution in [0.4, 0.5) is 171 Å². The Morgan fingerprint density at radius 2 is 0.479 bits per heavy atom. The molecule has 0 saturated carbocycles. The summed E-state index contributed by atoms with van der Waals surface area (Å²) >= 11 is -8.33. The fraction of sp³-hybridized carbons (Fsp3) is 0.800. The van der Waals surface area contributed by atoms with Crippen molar-refractivity contribution in [2.45, 2.75) is 140 Å². The molecule has 1 aromatic carbocycles. The van der Waals surface area contributed by atoms with Crippen molar-refractivity contribution in [3.63, 3.8) is 0 Å². The number of alkyl halides is 39. The number of benzene rings is 1. The first kappa shape index (κ1) is 66.1. The molecule has 0 radical (unpaired) electrons. The van der Waals surface area contributed by atoms with Gasteiger partial charge in [0.15, 0.2) is 0 Å². The van der Waals surface area contributed by atoms with Crippen LogP contribution in [0.1, 0.15) is 19.3 Å². The number of hydrogen-bond acceptors (Lipinski definition) is 1. The minimum atomic E-state index is -8.90. The molecule has 0 unspecified atom stereocenters. The van der Waals surface area contributed by atoms with Crippen molar-refractivity contribution in [1.29, 1.82) is 0 Å². The topological polar surface area (TPSA) is 20.2 Å². The monoisotopic (exact) mass is 1250 g/mol. The first-order valence-corrected chi connectivity index (χ1v) is 24.5. The van der Waals surface area contributed by atoms with Crippen LogP contribution in [0, 0.1) is 0 Å². The first-order chi connectivity index (χ1) is 30.4. The quantitative estimate of drug-likeness (QED) is 0.0906. The van der Waals surface area contributed by atoms with Gasteiger partial charge in [0.2, 0.25) is 0 Å². The summed E-state index contributed by atoms with van der Waals surface area (Å²) in [5.41, 5.74) is 0. The SMILES string of the molecule is Oc1ccc[c]([Sn]([CH2]CC(F)(F)C(F)(F)C(F)(F)C(F)(F)C(F)(F)C(F)(F)F)([CH2]CC(F)(F)C(F)(F)C(F)(F)C(F)(F)C(F)(F)C(F)(F)F)[CH2]CC(F)(F)C(F)(F)C(F)(F)C(F)(F)C(F)(F)C(F)(F)F)c1. The number of halogens is 39. The Morgan fingerprint density at radius 3 is 0.662 bits per heavy atom. The second-order valence-corrected chi connectivity index (χ2v) is 28.1. The van der Waals surface area contributed by atoms with E-state index in [-0.39, 0.29) is 18.2 Å². The summed E-state index contributed by atoms with van der Waals surface area (Å²) in [5.74, 6) is -130. The maximum absolute atomic E-state index is 15.0. The van der Waals surface area contributed by atoms with Crippen LogP contribution < -0.4 is 3.58 Å². The molecule has 0 aromatic heterocycles. The van der Waals surface area contributed by atoms with Crippen molar-refractivity contribution < 1.29 is 176 Å². The van der Waals surface area contributed by atoms with E-state index < -0.39 is 174 Å². The normalized spacial score (nSPS) is 16.5. The fourth-order valence-electron chi connectivity index (χ4n) is 5.71. The zero-order chi connectivity index (χ0) is 57.7. The Kier molecular flexibility index (Phi) is 16.9. The van der Waals surface area contributed by atoms with Gasteiger partial charge in [-0.05, 0) is 0 Å². The van der Waals surface area contributed by atoms with Gasteiger partial charge in [-0.2, -0.15) is 0 Å². The van der Waals surface area contributed by atoms with Gasteiger partial charge in [0.25, 0.3) is 0 Å². The predicted octanol–water partition coefficient (Wildman–Crippen LogP) is 15.4. The number of rotatable bonds is 22. The molecule has 0 aliphatic carbocycles. The van der Waals surface area contributed by atoms with Crippen molar-refractivity contribution in [2.24, 2.45) is 0 Å². The molecule has 420 valence electrons. The van der Waals surface area contributed by atoms with Crippen LogP contribution in [0.3, 0.4) is 0 Å². The molecule has 41 heteroatoms. The Bertz CT molecular complexity index is 1810. The van der Waals surface area contributed by atoms with Gasteiger partial charge in [0.1, 0.15) is 0 Å². The zero-order valence-electron chi connectivity index (χ0n) is 32.2. The summed E-state index contributed by atoms with van der Waals surface area (Å²) in [6.45, 7) is 0. The van der Waals surface area contributed by atoms with E-state index >= 15 is 26.3 Å². The average Bonchev–Trinajstić information content (AvgIpc) is 3.15. The van der Waals surface area contributed by atoms with Crippen LogP contribution in [-0.4, -0.2) is 131 Å². The van der Waals surface area contributed by atoms with Crippen molar-refractivity contribution in [1.82, 2.24) is 0 Å². The minimum absolute atomic E-state index is 0.0433. The maximum atomic E-state index is 15.0. The van der Waals surface area contributed by atoms with Crippen molar-refractivity contribution >= 4 is 22.0 Å². The summed E-state index contributed by atoms with van der Waals surface area (Å²) in [4.78, 5) is 0. The molecule has 0 spiro atoms. The Morgan fingerprint density at radius 1 is 0.282 bits per heavy atom. The van der Waals surface area contributed by atoms with E-state index in [0.29, 0.717) is 0 Å². The molecule has 0 bridgehead atoms. The molecule has 1 N–H and O–H groups in total. The van der Waals surface area contributed by atoms with Gasteiger partial charge in [-0.25, -0.2) is 0 Å². The van der Waals surface area contributed by atoms with Crippen molar-refractivity contribution in [2.75, 3.05) is 0 Å². The Labute approximate surface area is 368 Å². The van der Waals surface area contributed by atoms with Crippen LogP contribution >= 0.6 is 0 Å². The van der Waals surface area contributed by atoms with Gasteiger partial charge in [0.05, 0.1) is 0 Å². The molecule has 0 atom stereocenters. The van der Waals surface area contributed by atoms with Gasteiger partial charge in [-0.3, -0.25) is 0 Å². The fourth-order valence-corrected chi connectivity index (χ4v) is 19.7. The molecule has 1 aromatic rings. The molecule has 71 heavy (non-hydrogen) atoms. The third-order valence-corrected chi connectivity index (χ3v) is 24.9. The number of aromatic hydroxyl groups is 1. The summed E-state index contributed by atoms with van der Waals surface area (Å²) in [5, 5.41) is 9.76. The van der Waals surface area contributed by atoms with Crippen LogP contribution in [0.5, 0.6) is 5.75 Å². The van der Waals surface area contributed by atoms with Gasteiger partial charge in [-0.1, -0.05) is 0 Å². The predicted molar refractivity (Wildman–Crippen MR) is 154 cm³/mol. The Hall–Kier alpha value is -2.91.